The highest BCUT2D eigenvalue weighted by atomic mass is 32.1. The van der Waals surface area contributed by atoms with Crippen LogP contribution < -0.4 is 4.80 Å². The summed E-state index contributed by atoms with van der Waals surface area (Å²) in [6.07, 6.45) is 5.75. The highest BCUT2D eigenvalue weighted by Crippen LogP contribution is 2.36. The lowest BCUT2D eigenvalue weighted by Gasteiger charge is -2.44. The molecule has 158 valence electrons. The van der Waals surface area contributed by atoms with Gasteiger partial charge in [-0.15, -0.1) is 11.3 Å². The maximum absolute atomic E-state index is 12.9. The summed E-state index contributed by atoms with van der Waals surface area (Å²) < 4.78 is 2.02. The van der Waals surface area contributed by atoms with Gasteiger partial charge in [0.05, 0.1) is 5.56 Å². The summed E-state index contributed by atoms with van der Waals surface area (Å²) in [5.74, 6) is -0.319. The lowest BCUT2D eigenvalue weighted by Crippen LogP contribution is -2.52. The van der Waals surface area contributed by atoms with Crippen LogP contribution in [0.25, 0.3) is 11.0 Å². The number of carboxylic acid groups (broad SMARTS) is 1. The van der Waals surface area contributed by atoms with Gasteiger partial charge in [-0.1, -0.05) is 20.8 Å². The Labute approximate surface area is 177 Å². The molecule has 2 atom stereocenters. The predicted molar refractivity (Wildman–Crippen MR) is 115 cm³/mol. The largest absolute Gasteiger partial charge is 0.465 e. The van der Waals surface area contributed by atoms with Gasteiger partial charge in [0.2, 0.25) is 0 Å². The molecule has 1 aliphatic rings. The second kappa shape index (κ2) is 7.71. The van der Waals surface area contributed by atoms with E-state index in [0.29, 0.717) is 35.4 Å². The zero-order valence-electron chi connectivity index (χ0n) is 17.2. The second-order valence-electron chi connectivity index (χ2n) is 8.65. The molecular formula is C21H25N5O3S. The summed E-state index contributed by atoms with van der Waals surface area (Å²) in [5.41, 5.74) is 0.966. The van der Waals surface area contributed by atoms with E-state index in [1.165, 1.54) is 11.3 Å². The number of nitrogens with one attached hydrogen (secondary N) is 1. The van der Waals surface area contributed by atoms with Crippen molar-refractivity contribution in [2.45, 2.75) is 45.7 Å². The lowest BCUT2D eigenvalue weighted by atomic mass is 9.79. The van der Waals surface area contributed by atoms with Crippen LogP contribution in [-0.2, 0) is 0 Å². The van der Waals surface area contributed by atoms with Gasteiger partial charge in [0.1, 0.15) is 5.65 Å². The van der Waals surface area contributed by atoms with Gasteiger partial charge in [-0.25, -0.2) is 9.78 Å². The van der Waals surface area contributed by atoms with Crippen molar-refractivity contribution in [3.05, 3.63) is 46.5 Å². The number of carbonyl (C=O) groups excluding carboxylic acids is 1. The highest BCUT2D eigenvalue weighted by molar-refractivity contribution is 7.07. The molecule has 9 heteroatoms. The van der Waals surface area contributed by atoms with Crippen molar-refractivity contribution in [2.75, 3.05) is 6.54 Å². The normalized spacial score (nSPS) is 20.6. The van der Waals surface area contributed by atoms with Crippen molar-refractivity contribution in [3.8, 4) is 0 Å². The molecule has 4 rings (SSSR count). The number of nitrogens with zero attached hydrogens (tertiary/aromatic N) is 4. The van der Waals surface area contributed by atoms with Gasteiger partial charge in [0, 0.05) is 48.0 Å². The van der Waals surface area contributed by atoms with Crippen LogP contribution in [0.5, 0.6) is 0 Å². The predicted octanol–water partition coefficient (Wildman–Crippen LogP) is 3.90. The maximum Gasteiger partial charge on any atom is 0.407 e. The molecule has 1 aliphatic heterocycles. The number of carbonyl (C=O) groups is 2. The fourth-order valence-corrected chi connectivity index (χ4v) is 4.95. The SMILES string of the molecule is CC(C)(C)C1CC(n2ccs/c2=N\C(=O)c2c[nH]c3ncccc23)CCN1C(=O)O. The smallest absolute Gasteiger partial charge is 0.407 e. The van der Waals surface area contributed by atoms with Crippen LogP contribution in [-0.4, -0.2) is 49.1 Å². The molecule has 8 nitrogen and oxygen atoms in total. The Kier molecular flexibility index (Phi) is 5.23. The summed E-state index contributed by atoms with van der Waals surface area (Å²) in [4.78, 5) is 38.4. The number of aromatic amines is 1. The Balaban J connectivity index is 1.65. The molecular weight excluding hydrogens is 402 g/mol. The maximum atomic E-state index is 12.9. The van der Waals surface area contributed by atoms with Gasteiger partial charge in [0.25, 0.3) is 5.91 Å². The van der Waals surface area contributed by atoms with Crippen molar-refractivity contribution in [1.82, 2.24) is 19.4 Å². The summed E-state index contributed by atoms with van der Waals surface area (Å²) in [6.45, 7) is 6.66. The van der Waals surface area contributed by atoms with E-state index < -0.39 is 6.09 Å². The molecule has 3 aromatic heterocycles. The molecule has 0 bridgehead atoms. The Morgan fingerprint density at radius 3 is 2.90 bits per heavy atom. The number of pyridine rings is 1. The molecule has 2 amide bonds. The van der Waals surface area contributed by atoms with E-state index >= 15 is 0 Å². The van der Waals surface area contributed by atoms with E-state index in [1.807, 2.05) is 22.2 Å². The van der Waals surface area contributed by atoms with Crippen LogP contribution >= 0.6 is 11.3 Å². The number of hydrogen-bond donors (Lipinski definition) is 2. The van der Waals surface area contributed by atoms with Gasteiger partial charge in [-0.05, 0) is 30.4 Å². The van der Waals surface area contributed by atoms with Gasteiger partial charge >= 0.3 is 6.09 Å². The Morgan fingerprint density at radius 2 is 2.17 bits per heavy atom. The fourth-order valence-electron chi connectivity index (χ4n) is 4.17. The average Bonchev–Trinajstić information content (AvgIpc) is 3.33. The zero-order valence-corrected chi connectivity index (χ0v) is 18.0. The van der Waals surface area contributed by atoms with Crippen LogP contribution in [0.4, 0.5) is 4.79 Å². The fraction of sp³-hybridized carbons (Fsp3) is 0.429. The first kappa shape index (κ1) is 20.3. The van der Waals surface area contributed by atoms with Crippen molar-refractivity contribution >= 4 is 34.4 Å². The molecule has 4 heterocycles. The van der Waals surface area contributed by atoms with Gasteiger partial charge in [-0.3, -0.25) is 4.79 Å². The third kappa shape index (κ3) is 3.77. The van der Waals surface area contributed by atoms with E-state index in [-0.39, 0.29) is 23.4 Å². The van der Waals surface area contributed by atoms with Crippen LogP contribution in [0.2, 0.25) is 0 Å². The number of hydrogen-bond acceptors (Lipinski definition) is 4. The zero-order chi connectivity index (χ0) is 21.5. The Hall–Kier alpha value is -2.94. The number of likely N-dealkylation sites (tertiary alicyclic amines) is 1. The van der Waals surface area contributed by atoms with Gasteiger partial charge in [0.15, 0.2) is 4.80 Å². The van der Waals surface area contributed by atoms with Gasteiger partial charge < -0.3 is 19.6 Å². The Bertz CT molecular complexity index is 1150. The van der Waals surface area contributed by atoms with Crippen LogP contribution in [0.1, 0.15) is 50.0 Å². The number of aromatic nitrogens is 3. The van der Waals surface area contributed by atoms with Crippen molar-refractivity contribution in [1.29, 1.82) is 0 Å². The molecule has 1 saturated heterocycles. The first-order chi connectivity index (χ1) is 14.3. The lowest BCUT2D eigenvalue weighted by molar-refractivity contribution is 0.0424. The quantitative estimate of drug-likeness (QED) is 0.647. The summed E-state index contributed by atoms with van der Waals surface area (Å²) in [7, 11) is 0. The first-order valence-electron chi connectivity index (χ1n) is 9.92. The number of piperidine rings is 1. The average molecular weight is 428 g/mol. The highest BCUT2D eigenvalue weighted by Gasteiger charge is 2.39. The molecule has 0 saturated carbocycles. The molecule has 0 aliphatic carbocycles. The minimum absolute atomic E-state index is 0.0901. The molecule has 2 unspecified atom stereocenters. The van der Waals surface area contributed by atoms with E-state index in [9.17, 15) is 14.7 Å². The monoisotopic (exact) mass is 427 g/mol. The summed E-state index contributed by atoms with van der Waals surface area (Å²) in [6, 6.07) is 3.62. The standard InChI is InChI=1S/C21H25N5O3S/c1-21(2,3)16-11-13(6-8-26(16)20(28)29)25-9-10-30-19(25)24-18(27)15-12-23-17-14(15)5-4-7-22-17/h4-5,7,9-10,12-13,16H,6,8,11H2,1-3H3,(H,22,23)(H,28,29)/b24-19-. The summed E-state index contributed by atoms with van der Waals surface area (Å²) in [5, 5.41) is 12.3. The molecule has 3 aromatic rings. The minimum atomic E-state index is -0.878. The van der Waals surface area contributed by atoms with Crippen molar-refractivity contribution in [2.24, 2.45) is 10.4 Å². The number of fused-ring (bicyclic) bond motifs is 1. The van der Waals surface area contributed by atoms with E-state index in [2.05, 4.69) is 35.7 Å². The number of H-pyrrole nitrogens is 1. The molecule has 0 aromatic carbocycles. The number of rotatable bonds is 2. The van der Waals surface area contributed by atoms with Crippen molar-refractivity contribution in [3.63, 3.8) is 0 Å². The molecule has 0 radical (unpaired) electrons. The third-order valence-electron chi connectivity index (χ3n) is 5.71. The van der Waals surface area contributed by atoms with Crippen LogP contribution in [0.3, 0.4) is 0 Å². The third-order valence-corrected chi connectivity index (χ3v) is 6.48. The van der Waals surface area contributed by atoms with E-state index in [0.717, 1.165) is 5.39 Å². The topological polar surface area (TPSA) is 104 Å². The molecule has 1 fully saturated rings. The molecule has 2 N–H and O–H groups in total. The second-order valence-corrected chi connectivity index (χ2v) is 9.52. The Morgan fingerprint density at radius 1 is 1.37 bits per heavy atom. The van der Waals surface area contributed by atoms with Gasteiger partial charge in [-0.2, -0.15) is 4.99 Å². The van der Waals surface area contributed by atoms with Crippen LogP contribution in [0.15, 0.2) is 41.1 Å². The number of amides is 2. The van der Waals surface area contributed by atoms with E-state index in [4.69, 9.17) is 0 Å². The molecule has 30 heavy (non-hydrogen) atoms. The first-order valence-corrected chi connectivity index (χ1v) is 10.8. The minimum Gasteiger partial charge on any atom is -0.465 e. The van der Waals surface area contributed by atoms with Crippen molar-refractivity contribution < 1.29 is 14.7 Å². The summed E-state index contributed by atoms with van der Waals surface area (Å²) >= 11 is 1.41. The van der Waals surface area contributed by atoms with Crippen LogP contribution in [0, 0.1) is 5.41 Å². The van der Waals surface area contributed by atoms with E-state index in [1.54, 1.807) is 23.4 Å². The number of thiazole rings is 1. The molecule has 0 spiro atoms.